The molecule has 160 valence electrons. The minimum absolute atomic E-state index is 0.0828. The smallest absolute Gasteiger partial charge is 0.411 e. The van der Waals surface area contributed by atoms with Gasteiger partial charge in [0.25, 0.3) is 0 Å². The molecule has 2 heterocycles. The van der Waals surface area contributed by atoms with Crippen LogP contribution in [0.15, 0.2) is 18.3 Å². The highest BCUT2D eigenvalue weighted by atomic mass is 19.4. The van der Waals surface area contributed by atoms with Gasteiger partial charge in [-0.2, -0.15) is 13.2 Å². The van der Waals surface area contributed by atoms with E-state index in [-0.39, 0.29) is 19.4 Å². The van der Waals surface area contributed by atoms with Gasteiger partial charge in [0.15, 0.2) is 5.82 Å². The Morgan fingerprint density at radius 1 is 1.30 bits per heavy atom. The summed E-state index contributed by atoms with van der Waals surface area (Å²) in [6.07, 6.45) is -0.575. The van der Waals surface area contributed by atoms with E-state index >= 15 is 0 Å². The quantitative estimate of drug-likeness (QED) is 0.773. The van der Waals surface area contributed by atoms with Gasteiger partial charge in [-0.25, -0.2) is 9.97 Å². The highest BCUT2D eigenvalue weighted by Crippen LogP contribution is 2.48. The fourth-order valence-electron chi connectivity index (χ4n) is 3.70. The van der Waals surface area contributed by atoms with Crippen molar-refractivity contribution in [2.75, 3.05) is 25.6 Å². The van der Waals surface area contributed by atoms with E-state index < -0.39 is 17.6 Å². The maximum atomic E-state index is 13.1. The second-order valence-electron chi connectivity index (χ2n) is 7.71. The molecule has 0 saturated heterocycles. The van der Waals surface area contributed by atoms with Crippen LogP contribution >= 0.6 is 0 Å². The average molecular weight is 421 g/mol. The number of amides is 1. The fraction of sp³-hybridized carbons (Fsp3) is 0.500. The second kappa shape index (κ2) is 7.41. The third kappa shape index (κ3) is 3.78. The van der Waals surface area contributed by atoms with Gasteiger partial charge in [-0.3, -0.25) is 9.78 Å². The van der Waals surface area contributed by atoms with Crippen molar-refractivity contribution in [2.24, 2.45) is 0 Å². The lowest BCUT2D eigenvalue weighted by Crippen LogP contribution is -2.50. The summed E-state index contributed by atoms with van der Waals surface area (Å²) in [4.78, 5) is 27.4. The number of carbonyl (C=O) groups is 1. The van der Waals surface area contributed by atoms with Crippen molar-refractivity contribution in [3.05, 3.63) is 29.6 Å². The van der Waals surface area contributed by atoms with Crippen LogP contribution in [0.4, 0.5) is 19.0 Å². The van der Waals surface area contributed by atoms with E-state index in [2.05, 4.69) is 20.3 Å². The molecule has 10 heteroatoms. The first-order valence-corrected chi connectivity index (χ1v) is 9.71. The van der Waals surface area contributed by atoms with Crippen LogP contribution in [0.5, 0.6) is 5.75 Å². The number of hydrogen-bond donors (Lipinski definition) is 1. The number of carbonyl (C=O) groups excluding carboxylic acids is 1. The van der Waals surface area contributed by atoms with Crippen LogP contribution in [-0.4, -0.2) is 53.3 Å². The van der Waals surface area contributed by atoms with Gasteiger partial charge in [0.05, 0.1) is 13.7 Å². The molecule has 0 bridgehead atoms. The van der Waals surface area contributed by atoms with Crippen LogP contribution < -0.4 is 15.0 Å². The molecule has 2 aromatic rings. The molecule has 2 aliphatic rings. The number of fused-ring (bicyclic) bond motifs is 1. The number of nitrogens with zero attached hydrogens (tertiary/aromatic N) is 4. The van der Waals surface area contributed by atoms with Gasteiger partial charge < -0.3 is 15.0 Å². The fourth-order valence-corrected chi connectivity index (χ4v) is 3.70. The normalized spacial score (nSPS) is 16.7. The maximum absolute atomic E-state index is 13.1. The van der Waals surface area contributed by atoms with E-state index in [0.29, 0.717) is 23.1 Å². The minimum Gasteiger partial charge on any atom is -0.497 e. The number of halogens is 3. The van der Waals surface area contributed by atoms with E-state index in [1.807, 2.05) is 0 Å². The van der Waals surface area contributed by atoms with Crippen molar-refractivity contribution < 1.29 is 22.7 Å². The number of alkyl halides is 3. The van der Waals surface area contributed by atoms with Crippen molar-refractivity contribution in [3.63, 3.8) is 0 Å². The highest BCUT2D eigenvalue weighted by molar-refractivity contribution is 5.82. The number of likely N-dealkylation sites (N-methyl/N-ethyl adjacent to an activating group) is 1. The number of ether oxygens (including phenoxy) is 1. The zero-order chi connectivity index (χ0) is 21.5. The average Bonchev–Trinajstić information content (AvgIpc) is 3.34. The van der Waals surface area contributed by atoms with Crippen molar-refractivity contribution in [1.29, 1.82) is 0 Å². The Morgan fingerprint density at radius 3 is 2.73 bits per heavy atom. The molecule has 0 spiro atoms. The molecular weight excluding hydrogens is 399 g/mol. The number of hydrogen-bond acceptors (Lipinski definition) is 6. The molecule has 0 atom stereocenters. The van der Waals surface area contributed by atoms with E-state index in [1.165, 1.54) is 0 Å². The highest BCUT2D eigenvalue weighted by Gasteiger charge is 2.64. The Bertz CT molecular complexity index is 975. The molecule has 1 N–H and O–H groups in total. The molecule has 30 heavy (non-hydrogen) atoms. The predicted octanol–water partition coefficient (Wildman–Crippen LogP) is 2.68. The molecule has 0 radical (unpaired) electrons. The van der Waals surface area contributed by atoms with Gasteiger partial charge in [0.2, 0.25) is 5.91 Å². The largest absolute Gasteiger partial charge is 0.497 e. The van der Waals surface area contributed by atoms with Crippen LogP contribution in [0, 0.1) is 0 Å². The zero-order valence-electron chi connectivity index (χ0n) is 16.7. The summed E-state index contributed by atoms with van der Waals surface area (Å²) in [6, 6.07) is 3.43. The lowest BCUT2D eigenvalue weighted by molar-refractivity contribution is -0.170. The molecule has 1 saturated carbocycles. The van der Waals surface area contributed by atoms with Crippen LogP contribution in [0.3, 0.4) is 0 Å². The molecule has 7 nitrogen and oxygen atoms in total. The minimum atomic E-state index is -4.44. The number of pyridine rings is 1. The number of aromatic nitrogens is 3. The lowest BCUT2D eigenvalue weighted by atomic mass is 10.2. The second-order valence-corrected chi connectivity index (χ2v) is 7.71. The van der Waals surface area contributed by atoms with E-state index in [1.54, 1.807) is 37.4 Å². The number of methoxy groups -OCH3 is 1. The van der Waals surface area contributed by atoms with Gasteiger partial charge in [-0.1, -0.05) is 0 Å². The first-order valence-electron chi connectivity index (χ1n) is 9.71. The number of nitrogens with one attached hydrogen (secondary N) is 1. The van der Waals surface area contributed by atoms with Crippen molar-refractivity contribution in [1.82, 2.24) is 20.3 Å². The van der Waals surface area contributed by atoms with E-state index in [9.17, 15) is 18.0 Å². The summed E-state index contributed by atoms with van der Waals surface area (Å²) < 4.78 is 44.6. The first-order chi connectivity index (χ1) is 14.2. The Kier molecular flexibility index (Phi) is 5.03. The SMILES string of the molecule is COc1ccnc(-c2nc3c(c(N(C)CC(=O)NC4(C(F)(F)F)CC4)n2)CCC3)c1. The zero-order valence-corrected chi connectivity index (χ0v) is 16.7. The summed E-state index contributed by atoms with van der Waals surface area (Å²) >= 11 is 0. The molecule has 2 aliphatic carbocycles. The Labute approximate surface area is 171 Å². The van der Waals surface area contributed by atoms with Gasteiger partial charge in [-0.05, 0) is 38.2 Å². The molecular formula is C20H22F3N5O2. The molecule has 1 amide bonds. The number of aryl methyl sites for hydroxylation is 1. The number of rotatable bonds is 6. The monoisotopic (exact) mass is 421 g/mol. The third-order valence-corrected chi connectivity index (χ3v) is 5.52. The van der Waals surface area contributed by atoms with Crippen molar-refractivity contribution >= 4 is 11.7 Å². The third-order valence-electron chi connectivity index (χ3n) is 5.52. The van der Waals surface area contributed by atoms with Crippen molar-refractivity contribution in [2.45, 2.75) is 43.8 Å². The van der Waals surface area contributed by atoms with Crippen LogP contribution in [0.25, 0.3) is 11.5 Å². The summed E-state index contributed by atoms with van der Waals surface area (Å²) in [6.45, 7) is -0.230. The van der Waals surface area contributed by atoms with E-state index in [0.717, 1.165) is 30.5 Å². The van der Waals surface area contributed by atoms with Crippen LogP contribution in [-0.2, 0) is 17.6 Å². The van der Waals surface area contributed by atoms with Gasteiger partial charge in [0, 0.05) is 30.6 Å². The molecule has 0 aliphatic heterocycles. The molecule has 0 unspecified atom stereocenters. The topological polar surface area (TPSA) is 80.2 Å². The maximum Gasteiger partial charge on any atom is 0.411 e. The van der Waals surface area contributed by atoms with Crippen LogP contribution in [0.2, 0.25) is 0 Å². The van der Waals surface area contributed by atoms with E-state index in [4.69, 9.17) is 4.74 Å². The van der Waals surface area contributed by atoms with Gasteiger partial charge >= 0.3 is 6.18 Å². The molecule has 2 aromatic heterocycles. The predicted molar refractivity (Wildman–Crippen MR) is 103 cm³/mol. The first kappa shape index (κ1) is 20.4. The molecule has 4 rings (SSSR count). The van der Waals surface area contributed by atoms with Crippen molar-refractivity contribution in [3.8, 4) is 17.3 Å². The Balaban J connectivity index is 1.58. The number of anilines is 1. The summed E-state index contributed by atoms with van der Waals surface area (Å²) in [7, 11) is 3.20. The summed E-state index contributed by atoms with van der Waals surface area (Å²) in [5, 5.41) is 2.16. The molecule has 0 aromatic carbocycles. The lowest BCUT2D eigenvalue weighted by Gasteiger charge is -2.24. The van der Waals surface area contributed by atoms with Gasteiger partial charge in [-0.15, -0.1) is 0 Å². The standard InChI is InChI=1S/C20H22F3N5O2/c1-28(11-16(29)27-19(7-8-19)20(21,22)23)18-13-4-3-5-14(13)25-17(26-18)15-10-12(30-2)6-9-24-15/h6,9-10H,3-5,7-8,11H2,1-2H3,(H,27,29). The van der Waals surface area contributed by atoms with Crippen LogP contribution in [0.1, 0.15) is 30.5 Å². The molecule has 1 fully saturated rings. The Hall–Kier alpha value is -2.91. The Morgan fingerprint density at radius 2 is 2.07 bits per heavy atom. The van der Waals surface area contributed by atoms with Gasteiger partial charge in [0.1, 0.15) is 22.8 Å². The summed E-state index contributed by atoms with van der Waals surface area (Å²) in [5.41, 5.74) is 0.251. The summed E-state index contributed by atoms with van der Waals surface area (Å²) in [5.74, 6) is 0.869.